The van der Waals surface area contributed by atoms with Crippen LogP contribution in [-0.4, -0.2) is 24.7 Å². The molecule has 0 aromatic heterocycles. The predicted octanol–water partition coefficient (Wildman–Crippen LogP) is 2.72. The second-order valence-electron chi connectivity index (χ2n) is 6.32. The predicted molar refractivity (Wildman–Crippen MR) is 91.2 cm³/mol. The van der Waals surface area contributed by atoms with Gasteiger partial charge in [0, 0.05) is 0 Å². The van der Waals surface area contributed by atoms with Gasteiger partial charge in [-0.3, -0.25) is 4.79 Å². The largest absolute Gasteiger partial charge is 0.486 e. The van der Waals surface area contributed by atoms with Gasteiger partial charge in [0.15, 0.2) is 11.5 Å². The fourth-order valence-corrected chi connectivity index (χ4v) is 3.16. The van der Waals surface area contributed by atoms with Crippen molar-refractivity contribution in [2.24, 2.45) is 5.73 Å². The lowest BCUT2D eigenvalue weighted by Crippen LogP contribution is -2.55. The molecule has 0 saturated heterocycles. The van der Waals surface area contributed by atoms with Gasteiger partial charge in [0.25, 0.3) is 0 Å². The Morgan fingerprint density at radius 3 is 2.52 bits per heavy atom. The van der Waals surface area contributed by atoms with Crippen molar-refractivity contribution in [2.75, 3.05) is 13.2 Å². The smallest absolute Gasteiger partial charge is 0.240 e. The minimum atomic E-state index is -0.708. The summed E-state index contributed by atoms with van der Waals surface area (Å²) in [4.78, 5) is 12.5. The normalized spacial score (nSPS) is 20.1. The van der Waals surface area contributed by atoms with Gasteiger partial charge in [-0.05, 0) is 37.5 Å². The molecule has 0 spiro atoms. The number of hydrogen-bond donors (Lipinski definition) is 2. The summed E-state index contributed by atoms with van der Waals surface area (Å²) < 4.78 is 11.1. The molecule has 1 amide bonds. The van der Waals surface area contributed by atoms with Crippen LogP contribution in [-0.2, 0) is 4.79 Å². The van der Waals surface area contributed by atoms with Crippen LogP contribution >= 0.6 is 12.4 Å². The summed E-state index contributed by atoms with van der Waals surface area (Å²) in [5, 5.41) is 3.05. The lowest BCUT2D eigenvalue weighted by atomic mass is 9.81. The van der Waals surface area contributed by atoms with E-state index in [9.17, 15) is 4.79 Å². The fourth-order valence-electron chi connectivity index (χ4n) is 3.16. The number of nitrogens with two attached hydrogens (primary N) is 1. The van der Waals surface area contributed by atoms with E-state index in [1.807, 2.05) is 25.1 Å². The third-order valence-corrected chi connectivity index (χ3v) is 4.61. The second-order valence-corrected chi connectivity index (χ2v) is 6.32. The zero-order chi connectivity index (χ0) is 15.6. The lowest BCUT2D eigenvalue weighted by molar-refractivity contribution is -0.128. The zero-order valence-electron chi connectivity index (χ0n) is 13.5. The van der Waals surface area contributed by atoms with Crippen molar-refractivity contribution in [3.8, 4) is 11.5 Å². The zero-order valence-corrected chi connectivity index (χ0v) is 14.3. The van der Waals surface area contributed by atoms with Gasteiger partial charge in [-0.25, -0.2) is 0 Å². The first-order valence-corrected chi connectivity index (χ1v) is 8.08. The van der Waals surface area contributed by atoms with Gasteiger partial charge in [0.05, 0.1) is 11.6 Å². The second kappa shape index (κ2) is 7.41. The van der Waals surface area contributed by atoms with E-state index in [0.717, 1.165) is 42.7 Å². The van der Waals surface area contributed by atoms with Crippen LogP contribution < -0.4 is 20.5 Å². The minimum absolute atomic E-state index is 0. The maximum absolute atomic E-state index is 12.5. The summed E-state index contributed by atoms with van der Waals surface area (Å²) in [6, 6.07) is 5.68. The molecule has 3 N–H and O–H groups in total. The van der Waals surface area contributed by atoms with Crippen LogP contribution in [0.25, 0.3) is 0 Å². The molecule has 128 valence electrons. The molecule has 1 saturated carbocycles. The Balaban J connectivity index is 0.00000192. The van der Waals surface area contributed by atoms with Gasteiger partial charge in [0.2, 0.25) is 5.91 Å². The SMILES string of the molecule is CC(NC(=O)C1(N)CCCCC1)c1ccc2c(c1)OCCO2.Cl. The molecular formula is C17H25ClN2O3. The highest BCUT2D eigenvalue weighted by Gasteiger charge is 2.35. The summed E-state index contributed by atoms with van der Waals surface area (Å²) in [7, 11) is 0. The molecule has 1 aliphatic carbocycles. The third kappa shape index (κ3) is 3.90. The molecule has 0 bridgehead atoms. The topological polar surface area (TPSA) is 73.6 Å². The molecule has 5 nitrogen and oxygen atoms in total. The Hall–Kier alpha value is -1.46. The van der Waals surface area contributed by atoms with Crippen molar-refractivity contribution >= 4 is 18.3 Å². The maximum atomic E-state index is 12.5. The van der Waals surface area contributed by atoms with Crippen LogP contribution in [0.3, 0.4) is 0 Å². The quantitative estimate of drug-likeness (QED) is 0.887. The number of carbonyl (C=O) groups excluding carboxylic acids is 1. The monoisotopic (exact) mass is 340 g/mol. The van der Waals surface area contributed by atoms with E-state index in [1.54, 1.807) is 0 Å². The number of amides is 1. The number of rotatable bonds is 3. The average Bonchev–Trinajstić information content (AvgIpc) is 2.55. The molecule has 1 atom stereocenters. The van der Waals surface area contributed by atoms with Crippen molar-refractivity contribution in [3.63, 3.8) is 0 Å². The van der Waals surface area contributed by atoms with Crippen LogP contribution in [0.15, 0.2) is 18.2 Å². The summed E-state index contributed by atoms with van der Waals surface area (Å²) in [5.41, 5.74) is 6.57. The van der Waals surface area contributed by atoms with Crippen LogP contribution in [0.5, 0.6) is 11.5 Å². The number of carbonyl (C=O) groups is 1. The summed E-state index contributed by atoms with van der Waals surface area (Å²) >= 11 is 0. The standard InChI is InChI=1S/C17H24N2O3.ClH/c1-12(19-16(20)17(18)7-3-2-4-8-17)13-5-6-14-15(11-13)22-10-9-21-14;/h5-6,11-12H,2-4,7-10,18H2,1H3,(H,19,20);1H. The van der Waals surface area contributed by atoms with E-state index in [2.05, 4.69) is 5.32 Å². The van der Waals surface area contributed by atoms with E-state index in [1.165, 1.54) is 6.42 Å². The van der Waals surface area contributed by atoms with Gasteiger partial charge in [-0.1, -0.05) is 25.3 Å². The molecule has 1 aromatic rings. The van der Waals surface area contributed by atoms with Gasteiger partial charge in [0.1, 0.15) is 13.2 Å². The first-order valence-electron chi connectivity index (χ1n) is 8.08. The highest BCUT2D eigenvalue weighted by Crippen LogP contribution is 2.33. The molecule has 1 aliphatic heterocycles. The molecule has 1 heterocycles. The molecule has 6 heteroatoms. The number of benzene rings is 1. The van der Waals surface area contributed by atoms with Crippen molar-refractivity contribution < 1.29 is 14.3 Å². The van der Waals surface area contributed by atoms with Crippen molar-refractivity contribution in [3.05, 3.63) is 23.8 Å². The van der Waals surface area contributed by atoms with Gasteiger partial charge >= 0.3 is 0 Å². The van der Waals surface area contributed by atoms with Crippen molar-refractivity contribution in [1.82, 2.24) is 5.32 Å². The summed E-state index contributed by atoms with van der Waals surface area (Å²) in [5.74, 6) is 1.45. The fraction of sp³-hybridized carbons (Fsp3) is 0.588. The first-order chi connectivity index (χ1) is 10.6. The molecule has 2 aliphatic rings. The van der Waals surface area contributed by atoms with Crippen LogP contribution in [0.4, 0.5) is 0 Å². The maximum Gasteiger partial charge on any atom is 0.240 e. The minimum Gasteiger partial charge on any atom is -0.486 e. The number of fused-ring (bicyclic) bond motifs is 1. The van der Waals surface area contributed by atoms with Crippen molar-refractivity contribution in [2.45, 2.75) is 50.6 Å². The Morgan fingerprint density at radius 1 is 1.17 bits per heavy atom. The molecule has 23 heavy (non-hydrogen) atoms. The number of hydrogen-bond acceptors (Lipinski definition) is 4. The third-order valence-electron chi connectivity index (χ3n) is 4.61. The van der Waals surface area contributed by atoms with Gasteiger partial charge in [-0.2, -0.15) is 0 Å². The first kappa shape index (κ1) is 17.9. The number of nitrogens with one attached hydrogen (secondary N) is 1. The lowest BCUT2D eigenvalue weighted by Gasteiger charge is -2.33. The Morgan fingerprint density at radius 2 is 1.83 bits per heavy atom. The Bertz CT molecular complexity index is 559. The molecule has 1 fully saturated rings. The molecule has 1 aromatic carbocycles. The van der Waals surface area contributed by atoms with E-state index in [-0.39, 0.29) is 24.4 Å². The van der Waals surface area contributed by atoms with Crippen LogP contribution in [0.1, 0.15) is 50.6 Å². The Kier molecular flexibility index (Phi) is 5.76. The average molecular weight is 341 g/mol. The van der Waals surface area contributed by atoms with Crippen molar-refractivity contribution in [1.29, 1.82) is 0 Å². The Labute approximate surface area is 143 Å². The van der Waals surface area contributed by atoms with Crippen LogP contribution in [0, 0.1) is 0 Å². The number of ether oxygens (including phenoxy) is 2. The van der Waals surface area contributed by atoms with Gasteiger partial charge < -0.3 is 20.5 Å². The van der Waals surface area contributed by atoms with Crippen LogP contribution in [0.2, 0.25) is 0 Å². The van der Waals surface area contributed by atoms with Gasteiger partial charge in [-0.15, -0.1) is 12.4 Å². The van der Waals surface area contributed by atoms with E-state index in [0.29, 0.717) is 13.2 Å². The highest BCUT2D eigenvalue weighted by atomic mass is 35.5. The summed E-state index contributed by atoms with van der Waals surface area (Å²) in [6.07, 6.45) is 4.77. The van der Waals surface area contributed by atoms with E-state index >= 15 is 0 Å². The summed E-state index contributed by atoms with van der Waals surface area (Å²) in [6.45, 7) is 3.10. The highest BCUT2D eigenvalue weighted by molar-refractivity contribution is 5.86. The number of halogens is 1. The molecule has 0 radical (unpaired) electrons. The van der Waals surface area contributed by atoms with E-state index in [4.69, 9.17) is 15.2 Å². The molecular weight excluding hydrogens is 316 g/mol. The molecule has 3 rings (SSSR count). The van der Waals surface area contributed by atoms with E-state index < -0.39 is 5.54 Å². The molecule has 1 unspecified atom stereocenters.